The summed E-state index contributed by atoms with van der Waals surface area (Å²) < 4.78 is 40.2. The molecule has 0 unspecified atom stereocenters. The van der Waals surface area contributed by atoms with Crippen LogP contribution in [0.5, 0.6) is 0 Å². The third kappa shape index (κ3) is 4.08. The highest BCUT2D eigenvalue weighted by Crippen LogP contribution is 2.37. The number of anilines is 2. The first-order valence-corrected chi connectivity index (χ1v) is 8.03. The first kappa shape index (κ1) is 18.4. The van der Waals surface area contributed by atoms with Crippen molar-refractivity contribution in [3.05, 3.63) is 71.8 Å². The molecule has 7 heteroatoms. The molecule has 0 aromatic heterocycles. The van der Waals surface area contributed by atoms with Crippen molar-refractivity contribution in [2.24, 2.45) is 0 Å². The van der Waals surface area contributed by atoms with E-state index >= 15 is 0 Å². The highest BCUT2D eigenvalue weighted by Gasteiger charge is 2.34. The molecule has 0 bridgehead atoms. The molecule has 2 amide bonds. The van der Waals surface area contributed by atoms with E-state index in [9.17, 15) is 22.8 Å². The fraction of sp³-hybridized carbons (Fsp3) is 0.100. The lowest BCUT2D eigenvalue weighted by Gasteiger charge is -2.16. The molecule has 0 radical (unpaired) electrons. The average Bonchev–Trinajstić information content (AvgIpc) is 2.61. The van der Waals surface area contributed by atoms with Gasteiger partial charge in [0.1, 0.15) is 0 Å². The minimum atomic E-state index is -4.70. The predicted octanol–water partition coefficient (Wildman–Crippen LogP) is 5.07. The van der Waals surface area contributed by atoms with E-state index in [4.69, 9.17) is 0 Å². The molecule has 0 aliphatic rings. The van der Waals surface area contributed by atoms with Gasteiger partial charge in [-0.1, -0.05) is 36.4 Å². The smallest absolute Gasteiger partial charge is 0.326 e. The summed E-state index contributed by atoms with van der Waals surface area (Å²) >= 11 is 0. The second-order valence-corrected chi connectivity index (χ2v) is 5.92. The Kier molecular flexibility index (Phi) is 4.85. The normalized spacial score (nSPS) is 11.3. The molecule has 138 valence electrons. The summed E-state index contributed by atoms with van der Waals surface area (Å²) in [6.07, 6.45) is -4.70. The van der Waals surface area contributed by atoms with E-state index in [0.29, 0.717) is 5.39 Å². The molecule has 0 saturated carbocycles. The molecule has 0 aliphatic heterocycles. The molecule has 27 heavy (non-hydrogen) atoms. The fourth-order valence-electron chi connectivity index (χ4n) is 2.78. The van der Waals surface area contributed by atoms with Gasteiger partial charge in [0.2, 0.25) is 5.91 Å². The lowest BCUT2D eigenvalue weighted by atomic mass is 10.0. The maximum absolute atomic E-state index is 13.4. The van der Waals surface area contributed by atoms with Crippen LogP contribution < -0.4 is 10.6 Å². The number of amides is 2. The summed E-state index contributed by atoms with van der Waals surface area (Å²) in [5.74, 6) is -1.14. The minimum Gasteiger partial charge on any atom is -0.326 e. The Morgan fingerprint density at radius 3 is 2.30 bits per heavy atom. The van der Waals surface area contributed by atoms with E-state index in [0.717, 1.165) is 17.5 Å². The quantitative estimate of drug-likeness (QED) is 0.674. The lowest BCUT2D eigenvalue weighted by molar-refractivity contribution is -0.137. The number of nitrogens with one attached hydrogen (secondary N) is 2. The van der Waals surface area contributed by atoms with Crippen molar-refractivity contribution >= 4 is 34.0 Å². The van der Waals surface area contributed by atoms with Crippen molar-refractivity contribution in [1.82, 2.24) is 0 Å². The number of benzene rings is 3. The van der Waals surface area contributed by atoms with E-state index in [1.807, 2.05) is 18.2 Å². The zero-order chi connectivity index (χ0) is 19.6. The maximum Gasteiger partial charge on any atom is 0.418 e. The summed E-state index contributed by atoms with van der Waals surface area (Å²) in [5, 5.41) is 6.08. The Morgan fingerprint density at radius 2 is 1.59 bits per heavy atom. The van der Waals surface area contributed by atoms with Gasteiger partial charge < -0.3 is 10.6 Å². The molecule has 0 heterocycles. The molecular formula is C20H15F3N2O2. The molecule has 0 atom stereocenters. The number of hydrogen-bond acceptors (Lipinski definition) is 2. The third-order valence-corrected chi connectivity index (χ3v) is 3.93. The number of carbonyl (C=O) groups is 2. The molecular weight excluding hydrogens is 357 g/mol. The van der Waals surface area contributed by atoms with Crippen molar-refractivity contribution in [1.29, 1.82) is 0 Å². The van der Waals surface area contributed by atoms with Crippen molar-refractivity contribution < 1.29 is 22.8 Å². The van der Waals surface area contributed by atoms with Crippen LogP contribution >= 0.6 is 0 Å². The molecule has 3 rings (SSSR count). The highest BCUT2D eigenvalue weighted by molar-refractivity contribution is 6.13. The van der Waals surface area contributed by atoms with Crippen molar-refractivity contribution in [2.75, 3.05) is 10.6 Å². The number of fused-ring (bicyclic) bond motifs is 1. The molecule has 4 nitrogen and oxygen atoms in total. The van der Waals surface area contributed by atoms with Crippen molar-refractivity contribution in [2.45, 2.75) is 13.1 Å². The van der Waals surface area contributed by atoms with Gasteiger partial charge >= 0.3 is 6.18 Å². The minimum absolute atomic E-state index is 0.00187. The Hall–Kier alpha value is -3.35. The Balaban J connectivity index is 1.99. The molecule has 3 aromatic carbocycles. The second kappa shape index (κ2) is 7.11. The van der Waals surface area contributed by atoms with Crippen LogP contribution in [0.1, 0.15) is 22.8 Å². The molecule has 0 aliphatic carbocycles. The predicted molar refractivity (Wildman–Crippen MR) is 97.6 cm³/mol. The number of halogens is 3. The SMILES string of the molecule is CC(=O)Nc1ccc(NC(=O)c2cccc3ccccc23)c(C(F)(F)F)c1. The van der Waals surface area contributed by atoms with Gasteiger partial charge in [-0.2, -0.15) is 13.2 Å². The standard InChI is InChI=1S/C20H15F3N2O2/c1-12(26)24-14-9-10-18(17(11-14)20(21,22)23)25-19(27)16-8-4-6-13-5-2-3-7-15(13)16/h2-11H,1H3,(H,24,26)(H,25,27). The Labute approximate surface area is 153 Å². The van der Waals surface area contributed by atoms with Gasteiger partial charge in [0.25, 0.3) is 5.91 Å². The van der Waals surface area contributed by atoms with Gasteiger partial charge in [-0.3, -0.25) is 9.59 Å². The third-order valence-electron chi connectivity index (χ3n) is 3.93. The number of carbonyl (C=O) groups excluding carboxylic acids is 2. The summed E-state index contributed by atoms with van der Waals surface area (Å²) in [6, 6.07) is 15.4. The average molecular weight is 372 g/mol. The van der Waals surface area contributed by atoms with Crippen LogP contribution in [0.2, 0.25) is 0 Å². The molecule has 0 spiro atoms. The molecule has 3 aromatic rings. The fourth-order valence-corrected chi connectivity index (χ4v) is 2.78. The van der Waals surface area contributed by atoms with Gasteiger partial charge in [0, 0.05) is 18.2 Å². The first-order chi connectivity index (χ1) is 12.8. The van der Waals surface area contributed by atoms with E-state index in [1.165, 1.54) is 13.0 Å². The number of rotatable bonds is 3. The zero-order valence-electron chi connectivity index (χ0n) is 14.2. The van der Waals surface area contributed by atoms with E-state index in [1.54, 1.807) is 24.3 Å². The first-order valence-electron chi connectivity index (χ1n) is 8.03. The number of hydrogen-bond donors (Lipinski definition) is 2. The summed E-state index contributed by atoms with van der Waals surface area (Å²) in [4.78, 5) is 23.7. The molecule has 0 saturated heterocycles. The van der Waals surface area contributed by atoms with Crippen molar-refractivity contribution in [3.63, 3.8) is 0 Å². The van der Waals surface area contributed by atoms with Crippen LogP contribution in [0.4, 0.5) is 24.5 Å². The summed E-state index contributed by atoms with van der Waals surface area (Å²) in [6.45, 7) is 1.20. The number of alkyl halides is 3. The van der Waals surface area contributed by atoms with E-state index < -0.39 is 23.6 Å². The van der Waals surface area contributed by atoms with Gasteiger partial charge in [-0.15, -0.1) is 0 Å². The highest BCUT2D eigenvalue weighted by atomic mass is 19.4. The largest absolute Gasteiger partial charge is 0.418 e. The van der Waals surface area contributed by atoms with Gasteiger partial charge in [-0.25, -0.2) is 0 Å². The van der Waals surface area contributed by atoms with Crippen LogP contribution in [0.15, 0.2) is 60.7 Å². The van der Waals surface area contributed by atoms with E-state index in [-0.39, 0.29) is 16.9 Å². The van der Waals surface area contributed by atoms with Gasteiger partial charge in [-0.05, 0) is 35.0 Å². The Bertz CT molecular complexity index is 1020. The Morgan fingerprint density at radius 1 is 0.889 bits per heavy atom. The zero-order valence-corrected chi connectivity index (χ0v) is 14.2. The topological polar surface area (TPSA) is 58.2 Å². The lowest BCUT2D eigenvalue weighted by Crippen LogP contribution is -2.17. The van der Waals surface area contributed by atoms with Crippen LogP contribution in [-0.4, -0.2) is 11.8 Å². The van der Waals surface area contributed by atoms with Crippen LogP contribution in [0, 0.1) is 0 Å². The van der Waals surface area contributed by atoms with Crippen LogP contribution in [-0.2, 0) is 11.0 Å². The van der Waals surface area contributed by atoms with Gasteiger partial charge in [0.15, 0.2) is 0 Å². The van der Waals surface area contributed by atoms with E-state index in [2.05, 4.69) is 10.6 Å². The second-order valence-electron chi connectivity index (χ2n) is 5.92. The molecule has 0 fully saturated rings. The van der Waals surface area contributed by atoms with Crippen LogP contribution in [0.25, 0.3) is 10.8 Å². The summed E-state index contributed by atoms with van der Waals surface area (Å²) in [5.41, 5.74) is -1.15. The van der Waals surface area contributed by atoms with Crippen LogP contribution in [0.3, 0.4) is 0 Å². The van der Waals surface area contributed by atoms with Crippen molar-refractivity contribution in [3.8, 4) is 0 Å². The maximum atomic E-state index is 13.4. The monoisotopic (exact) mass is 372 g/mol. The summed E-state index contributed by atoms with van der Waals surface area (Å²) in [7, 11) is 0. The molecule has 2 N–H and O–H groups in total. The van der Waals surface area contributed by atoms with Gasteiger partial charge in [0.05, 0.1) is 11.3 Å².